The van der Waals surface area contributed by atoms with Crippen LogP contribution in [0.15, 0.2) is 47.1 Å². The third kappa shape index (κ3) is 5.28. The van der Waals surface area contributed by atoms with Gasteiger partial charge in [-0.25, -0.2) is 0 Å². The van der Waals surface area contributed by atoms with Crippen molar-refractivity contribution >= 4 is 11.8 Å². The van der Waals surface area contributed by atoms with Crippen molar-refractivity contribution in [3.63, 3.8) is 0 Å². The molecule has 1 aromatic carbocycles. The Bertz CT molecular complexity index is 857. The molecule has 166 valence electrons. The summed E-state index contributed by atoms with van der Waals surface area (Å²) in [7, 11) is 1.68. The molecule has 2 fully saturated rings. The van der Waals surface area contributed by atoms with Gasteiger partial charge < -0.3 is 19.0 Å². The molecule has 2 aliphatic heterocycles. The van der Waals surface area contributed by atoms with Crippen LogP contribution in [0.5, 0.6) is 5.75 Å². The summed E-state index contributed by atoms with van der Waals surface area (Å²) in [5.41, 5.74) is 1.26. The van der Waals surface area contributed by atoms with Gasteiger partial charge in [-0.2, -0.15) is 0 Å². The van der Waals surface area contributed by atoms with Gasteiger partial charge in [0.25, 0.3) is 5.91 Å². The molecular weight excluding hydrogens is 394 g/mol. The molecule has 1 aromatic heterocycles. The molecule has 0 saturated carbocycles. The van der Waals surface area contributed by atoms with Gasteiger partial charge in [0.05, 0.1) is 13.4 Å². The molecule has 0 spiro atoms. The van der Waals surface area contributed by atoms with Crippen molar-refractivity contribution in [2.75, 3.05) is 46.4 Å². The number of benzene rings is 1. The van der Waals surface area contributed by atoms with Crippen molar-refractivity contribution in [2.45, 2.75) is 25.8 Å². The monoisotopic (exact) mass is 425 g/mol. The number of rotatable bonds is 5. The lowest BCUT2D eigenvalue weighted by Crippen LogP contribution is -2.45. The van der Waals surface area contributed by atoms with E-state index in [1.165, 1.54) is 11.8 Å². The number of hydrogen-bond donors (Lipinski definition) is 0. The lowest BCUT2D eigenvalue weighted by atomic mass is 9.95. The lowest BCUT2D eigenvalue weighted by Gasteiger charge is -2.33. The lowest BCUT2D eigenvalue weighted by molar-refractivity contribution is -0.136. The topological polar surface area (TPSA) is 66.2 Å². The zero-order chi connectivity index (χ0) is 21.6. The summed E-state index contributed by atoms with van der Waals surface area (Å²) < 4.78 is 10.5. The van der Waals surface area contributed by atoms with Crippen LogP contribution in [-0.4, -0.2) is 72.9 Å². The number of likely N-dealkylation sites (tertiary alicyclic amines) is 1. The Morgan fingerprint density at radius 1 is 0.968 bits per heavy atom. The predicted octanol–water partition coefficient (Wildman–Crippen LogP) is 2.87. The van der Waals surface area contributed by atoms with E-state index in [9.17, 15) is 9.59 Å². The number of carbonyl (C=O) groups is 2. The van der Waals surface area contributed by atoms with Crippen LogP contribution in [0.3, 0.4) is 0 Å². The van der Waals surface area contributed by atoms with Gasteiger partial charge in [-0.05, 0) is 49.1 Å². The molecule has 3 heterocycles. The summed E-state index contributed by atoms with van der Waals surface area (Å²) in [6.45, 7) is 5.55. The second-order valence-corrected chi connectivity index (χ2v) is 8.35. The van der Waals surface area contributed by atoms with Gasteiger partial charge in [0.2, 0.25) is 5.91 Å². The maximum absolute atomic E-state index is 13.1. The summed E-state index contributed by atoms with van der Waals surface area (Å²) in [4.78, 5) is 31.8. The van der Waals surface area contributed by atoms with E-state index in [2.05, 4.69) is 17.0 Å². The first-order chi connectivity index (χ1) is 15.1. The van der Waals surface area contributed by atoms with Gasteiger partial charge in [-0.3, -0.25) is 14.5 Å². The molecule has 0 unspecified atom stereocenters. The Hall–Kier alpha value is -2.80. The molecule has 7 nitrogen and oxygen atoms in total. The van der Waals surface area contributed by atoms with Crippen molar-refractivity contribution < 1.29 is 18.7 Å². The molecule has 0 bridgehead atoms. The summed E-state index contributed by atoms with van der Waals surface area (Å²) in [5, 5.41) is 0. The van der Waals surface area contributed by atoms with Crippen LogP contribution < -0.4 is 4.74 Å². The summed E-state index contributed by atoms with van der Waals surface area (Å²) in [6.07, 6.45) is 3.94. The molecule has 2 amide bonds. The van der Waals surface area contributed by atoms with E-state index in [-0.39, 0.29) is 17.7 Å². The quantitative estimate of drug-likeness (QED) is 0.737. The maximum Gasteiger partial charge on any atom is 0.289 e. The Kier molecular flexibility index (Phi) is 6.92. The second kappa shape index (κ2) is 10.0. The number of piperidine rings is 1. The Balaban J connectivity index is 1.25. The molecule has 0 aliphatic carbocycles. The number of nitrogens with zero attached hydrogens (tertiary/aromatic N) is 3. The standard InChI is InChI=1S/C24H31N3O4/c1-30-21-7-5-19(6-8-21)18-25-11-3-12-26(16-15-25)23(28)20-9-13-27(14-10-20)24(29)22-4-2-17-31-22/h2,4-8,17,20H,3,9-16,18H2,1H3. The number of carbonyl (C=O) groups excluding carboxylic acids is 2. The largest absolute Gasteiger partial charge is 0.497 e. The van der Waals surface area contributed by atoms with E-state index in [1.54, 1.807) is 24.1 Å². The SMILES string of the molecule is COc1ccc(CN2CCCN(C(=O)C3CCN(C(=O)c4ccco4)CC3)CC2)cc1. The second-order valence-electron chi connectivity index (χ2n) is 8.35. The molecule has 2 saturated heterocycles. The molecule has 0 atom stereocenters. The van der Waals surface area contributed by atoms with Crippen molar-refractivity contribution in [1.29, 1.82) is 0 Å². The number of furan rings is 1. The van der Waals surface area contributed by atoms with Crippen LogP contribution in [0, 0.1) is 5.92 Å². The van der Waals surface area contributed by atoms with Crippen LogP contribution in [0.25, 0.3) is 0 Å². The molecule has 7 heteroatoms. The van der Waals surface area contributed by atoms with Gasteiger partial charge in [-0.15, -0.1) is 0 Å². The van der Waals surface area contributed by atoms with E-state index in [0.717, 1.165) is 57.7 Å². The fourth-order valence-corrected chi connectivity index (χ4v) is 4.48. The highest BCUT2D eigenvalue weighted by Crippen LogP contribution is 2.22. The van der Waals surface area contributed by atoms with Crippen LogP contribution in [0.1, 0.15) is 35.4 Å². The van der Waals surface area contributed by atoms with E-state index >= 15 is 0 Å². The Morgan fingerprint density at radius 2 is 1.74 bits per heavy atom. The normalized spacial score (nSPS) is 18.6. The van der Waals surface area contributed by atoms with Gasteiger partial charge in [-0.1, -0.05) is 12.1 Å². The highest BCUT2D eigenvalue weighted by Gasteiger charge is 2.31. The zero-order valence-corrected chi connectivity index (χ0v) is 18.2. The molecule has 2 aromatic rings. The first-order valence-corrected chi connectivity index (χ1v) is 11.1. The van der Waals surface area contributed by atoms with Crippen LogP contribution in [0.2, 0.25) is 0 Å². The van der Waals surface area contributed by atoms with Gasteiger partial charge in [0, 0.05) is 51.7 Å². The maximum atomic E-state index is 13.1. The van der Waals surface area contributed by atoms with E-state index in [0.29, 0.717) is 18.8 Å². The molecule has 2 aliphatic rings. The fraction of sp³-hybridized carbons (Fsp3) is 0.500. The average molecular weight is 426 g/mol. The van der Waals surface area contributed by atoms with Crippen LogP contribution in [0.4, 0.5) is 0 Å². The minimum Gasteiger partial charge on any atom is -0.497 e. The first kappa shape index (κ1) is 21.4. The smallest absolute Gasteiger partial charge is 0.289 e. The minimum atomic E-state index is -0.0835. The van der Waals surface area contributed by atoms with Gasteiger partial charge in [0.1, 0.15) is 5.75 Å². The number of amides is 2. The Morgan fingerprint density at radius 3 is 2.42 bits per heavy atom. The van der Waals surface area contributed by atoms with Crippen molar-refractivity contribution in [1.82, 2.24) is 14.7 Å². The average Bonchev–Trinajstić information content (AvgIpc) is 3.26. The van der Waals surface area contributed by atoms with Crippen LogP contribution in [-0.2, 0) is 11.3 Å². The highest BCUT2D eigenvalue weighted by atomic mass is 16.5. The van der Waals surface area contributed by atoms with Crippen LogP contribution >= 0.6 is 0 Å². The third-order valence-corrected chi connectivity index (χ3v) is 6.33. The van der Waals surface area contributed by atoms with Gasteiger partial charge >= 0.3 is 0 Å². The third-order valence-electron chi connectivity index (χ3n) is 6.33. The number of hydrogen-bond acceptors (Lipinski definition) is 5. The van der Waals surface area contributed by atoms with E-state index < -0.39 is 0 Å². The number of methoxy groups -OCH3 is 1. The minimum absolute atomic E-state index is 0.00814. The van der Waals surface area contributed by atoms with Crippen molar-refractivity contribution in [2.24, 2.45) is 5.92 Å². The highest BCUT2D eigenvalue weighted by molar-refractivity contribution is 5.91. The fourth-order valence-electron chi connectivity index (χ4n) is 4.48. The molecule has 0 N–H and O–H groups in total. The number of ether oxygens (including phenoxy) is 1. The Labute approximate surface area is 183 Å². The van der Waals surface area contributed by atoms with Gasteiger partial charge in [0.15, 0.2) is 5.76 Å². The summed E-state index contributed by atoms with van der Waals surface area (Å²) in [6, 6.07) is 11.6. The molecule has 31 heavy (non-hydrogen) atoms. The van der Waals surface area contributed by atoms with E-state index in [4.69, 9.17) is 9.15 Å². The first-order valence-electron chi connectivity index (χ1n) is 11.1. The summed E-state index contributed by atoms with van der Waals surface area (Å²) >= 11 is 0. The zero-order valence-electron chi connectivity index (χ0n) is 18.2. The van der Waals surface area contributed by atoms with Crippen molar-refractivity contribution in [3.05, 3.63) is 54.0 Å². The molecule has 0 radical (unpaired) electrons. The predicted molar refractivity (Wildman–Crippen MR) is 117 cm³/mol. The van der Waals surface area contributed by atoms with E-state index in [1.807, 2.05) is 17.0 Å². The molecular formula is C24H31N3O4. The van der Waals surface area contributed by atoms with Crippen molar-refractivity contribution in [3.8, 4) is 5.75 Å². The summed E-state index contributed by atoms with van der Waals surface area (Å²) in [5.74, 6) is 1.41. The molecule has 4 rings (SSSR count).